The summed E-state index contributed by atoms with van der Waals surface area (Å²) in [4.78, 5) is 1.14. The fraction of sp³-hybridized carbons (Fsp3) is 0.417. The summed E-state index contributed by atoms with van der Waals surface area (Å²) in [6.45, 7) is 2.05. The van der Waals surface area contributed by atoms with E-state index in [0.717, 1.165) is 36.0 Å². The Labute approximate surface area is 143 Å². The topological polar surface area (TPSA) is 55.9 Å². The number of aromatic nitrogens is 2. The largest absolute Gasteiger partial charge is 0.271 e. The normalized spacial score (nSPS) is 12.9. The third kappa shape index (κ3) is 3.28. The van der Waals surface area contributed by atoms with Gasteiger partial charge in [-0.3, -0.25) is 16.0 Å². The number of hydrogen-bond donors (Lipinski definition) is 2. The van der Waals surface area contributed by atoms with Gasteiger partial charge in [-0.25, -0.2) is 0 Å². The van der Waals surface area contributed by atoms with Crippen LogP contribution < -0.4 is 11.3 Å². The van der Waals surface area contributed by atoms with Crippen molar-refractivity contribution in [3.05, 3.63) is 35.6 Å². The minimum atomic E-state index is 0.000191. The predicted molar refractivity (Wildman–Crippen MR) is 91.1 cm³/mol. The van der Waals surface area contributed by atoms with Crippen LogP contribution in [0.1, 0.15) is 29.2 Å². The number of aryl methyl sites for hydroxylation is 2. The number of nitrogens with zero attached hydrogens (tertiary/aromatic N) is 2. The Morgan fingerprint density at radius 3 is 2.70 bits per heavy atom. The minimum absolute atomic E-state index is 0.000191. The van der Waals surface area contributed by atoms with E-state index < -0.39 is 0 Å². The van der Waals surface area contributed by atoms with Crippen molar-refractivity contribution in [2.24, 2.45) is 12.9 Å². The fourth-order valence-electron chi connectivity index (χ4n) is 2.01. The Bertz CT molecular complexity index is 591. The first-order valence-corrected chi connectivity index (χ1v) is 8.87. The highest BCUT2D eigenvalue weighted by atomic mass is 79.9. The van der Waals surface area contributed by atoms with Crippen molar-refractivity contribution in [3.63, 3.8) is 0 Å². The van der Waals surface area contributed by atoms with Gasteiger partial charge in [-0.1, -0.05) is 18.5 Å². The molecule has 0 amide bonds. The van der Waals surface area contributed by atoms with E-state index in [-0.39, 0.29) is 6.04 Å². The van der Waals surface area contributed by atoms with Crippen LogP contribution in [-0.2, 0) is 19.9 Å². The van der Waals surface area contributed by atoms with Gasteiger partial charge in [-0.2, -0.15) is 5.10 Å². The SMILES string of the molecule is CCc1nn(C)c(CC(NN)c2cc(Br)c(Br)s2)c1Cl. The maximum absolute atomic E-state index is 6.39. The summed E-state index contributed by atoms with van der Waals surface area (Å²) in [5.74, 6) is 5.70. The summed E-state index contributed by atoms with van der Waals surface area (Å²) < 4.78 is 3.92. The molecule has 0 aliphatic heterocycles. The van der Waals surface area contributed by atoms with Crippen molar-refractivity contribution >= 4 is 54.8 Å². The van der Waals surface area contributed by atoms with Crippen LogP contribution in [0, 0.1) is 0 Å². The average Bonchev–Trinajstić information content (AvgIpc) is 2.88. The van der Waals surface area contributed by atoms with Crippen molar-refractivity contribution in [3.8, 4) is 0 Å². The van der Waals surface area contributed by atoms with Crippen LogP contribution in [0.2, 0.25) is 5.02 Å². The van der Waals surface area contributed by atoms with E-state index in [2.05, 4.69) is 48.5 Å². The summed E-state index contributed by atoms with van der Waals surface area (Å²) >= 11 is 15.0. The minimum Gasteiger partial charge on any atom is -0.271 e. The molecule has 0 radical (unpaired) electrons. The van der Waals surface area contributed by atoms with Gasteiger partial charge in [0.05, 0.1) is 26.2 Å². The van der Waals surface area contributed by atoms with Gasteiger partial charge in [0.1, 0.15) is 0 Å². The fourth-order valence-corrected chi connectivity index (χ4v) is 4.53. The first kappa shape index (κ1) is 16.5. The van der Waals surface area contributed by atoms with Crippen LogP contribution in [0.5, 0.6) is 0 Å². The van der Waals surface area contributed by atoms with Crippen LogP contribution in [0.15, 0.2) is 14.3 Å². The highest BCUT2D eigenvalue weighted by molar-refractivity contribution is 9.13. The van der Waals surface area contributed by atoms with E-state index in [1.54, 1.807) is 11.3 Å². The van der Waals surface area contributed by atoms with Gasteiger partial charge in [0.25, 0.3) is 0 Å². The molecule has 2 rings (SSSR count). The molecule has 0 aromatic carbocycles. The molecule has 110 valence electrons. The second-order valence-corrected chi connectivity index (χ2v) is 8.01. The molecule has 4 nitrogen and oxygen atoms in total. The third-order valence-electron chi connectivity index (χ3n) is 3.11. The van der Waals surface area contributed by atoms with Crippen molar-refractivity contribution in [1.82, 2.24) is 15.2 Å². The maximum atomic E-state index is 6.39. The van der Waals surface area contributed by atoms with Crippen molar-refractivity contribution in [2.45, 2.75) is 25.8 Å². The number of rotatable bonds is 5. The van der Waals surface area contributed by atoms with E-state index in [4.69, 9.17) is 17.4 Å². The quantitative estimate of drug-likeness (QED) is 0.544. The second-order valence-electron chi connectivity index (χ2n) is 4.38. The molecule has 3 N–H and O–H groups in total. The molecule has 2 heterocycles. The zero-order valence-electron chi connectivity index (χ0n) is 11.1. The van der Waals surface area contributed by atoms with E-state index in [1.165, 1.54) is 0 Å². The zero-order chi connectivity index (χ0) is 14.9. The molecule has 8 heteroatoms. The molecular weight excluding hydrogens is 427 g/mol. The number of nitrogens with one attached hydrogen (secondary N) is 1. The van der Waals surface area contributed by atoms with Crippen molar-refractivity contribution < 1.29 is 0 Å². The highest BCUT2D eigenvalue weighted by Crippen LogP contribution is 2.37. The monoisotopic (exact) mass is 440 g/mol. The van der Waals surface area contributed by atoms with Crippen LogP contribution in [-0.4, -0.2) is 9.78 Å². The summed E-state index contributed by atoms with van der Waals surface area (Å²) in [6, 6.07) is 2.06. The molecule has 1 atom stereocenters. The van der Waals surface area contributed by atoms with E-state index in [9.17, 15) is 0 Å². The number of hydrogen-bond acceptors (Lipinski definition) is 4. The van der Waals surface area contributed by atoms with Gasteiger partial charge in [0.2, 0.25) is 0 Å². The summed E-state index contributed by atoms with van der Waals surface area (Å²) in [7, 11) is 1.91. The van der Waals surface area contributed by atoms with Crippen LogP contribution in [0.25, 0.3) is 0 Å². The molecule has 2 aromatic heterocycles. The lowest BCUT2D eigenvalue weighted by atomic mass is 10.1. The molecular formula is C12H15Br2ClN4S. The number of nitrogens with two attached hydrogens (primary N) is 1. The van der Waals surface area contributed by atoms with Gasteiger partial charge in [0.15, 0.2) is 0 Å². The second kappa shape index (κ2) is 6.89. The van der Waals surface area contributed by atoms with Gasteiger partial charge in [0, 0.05) is 22.8 Å². The first-order valence-electron chi connectivity index (χ1n) is 6.09. The standard InChI is InChI=1S/C12H15Br2ClN4S/c1-3-7-11(15)9(19(2)18-7)5-8(17-16)10-4-6(13)12(14)20-10/h4,8,17H,3,5,16H2,1-2H3. The number of hydrazine groups is 1. The van der Waals surface area contributed by atoms with E-state index in [1.807, 2.05) is 18.7 Å². The molecule has 1 unspecified atom stereocenters. The highest BCUT2D eigenvalue weighted by Gasteiger charge is 2.20. The van der Waals surface area contributed by atoms with Gasteiger partial charge < -0.3 is 0 Å². The molecule has 0 spiro atoms. The Morgan fingerprint density at radius 2 is 2.25 bits per heavy atom. The molecule has 0 aliphatic rings. The lowest BCUT2D eigenvalue weighted by Gasteiger charge is -2.14. The Balaban J connectivity index is 2.29. The number of halogens is 3. The molecule has 20 heavy (non-hydrogen) atoms. The summed E-state index contributed by atoms with van der Waals surface area (Å²) in [5.41, 5.74) is 4.78. The van der Waals surface area contributed by atoms with Gasteiger partial charge in [-0.05, 0) is 44.3 Å². The van der Waals surface area contributed by atoms with E-state index >= 15 is 0 Å². The van der Waals surface area contributed by atoms with Crippen LogP contribution >= 0.6 is 54.8 Å². The van der Waals surface area contributed by atoms with Crippen LogP contribution in [0.4, 0.5) is 0 Å². The Kier molecular flexibility index (Phi) is 5.67. The maximum Gasteiger partial charge on any atom is 0.0850 e. The molecule has 2 aromatic rings. The average molecular weight is 443 g/mol. The molecule has 0 bridgehead atoms. The third-order valence-corrected chi connectivity index (χ3v) is 6.92. The molecule has 0 aliphatic carbocycles. The summed E-state index contributed by atoms with van der Waals surface area (Å²) in [5, 5.41) is 5.17. The molecule has 0 fully saturated rings. The lowest BCUT2D eigenvalue weighted by molar-refractivity contribution is 0.537. The Hall–Kier alpha value is 0.0800. The lowest BCUT2D eigenvalue weighted by Crippen LogP contribution is -2.29. The zero-order valence-corrected chi connectivity index (χ0v) is 15.8. The Morgan fingerprint density at radius 1 is 1.55 bits per heavy atom. The van der Waals surface area contributed by atoms with Gasteiger partial charge >= 0.3 is 0 Å². The first-order chi connectivity index (χ1) is 9.47. The number of thiophene rings is 1. The predicted octanol–water partition coefficient (Wildman–Crippen LogP) is 3.97. The van der Waals surface area contributed by atoms with Gasteiger partial charge in [-0.15, -0.1) is 11.3 Å². The van der Waals surface area contributed by atoms with Crippen molar-refractivity contribution in [2.75, 3.05) is 0 Å². The summed E-state index contributed by atoms with van der Waals surface area (Å²) in [6.07, 6.45) is 1.52. The molecule has 0 saturated heterocycles. The van der Waals surface area contributed by atoms with Crippen LogP contribution in [0.3, 0.4) is 0 Å². The van der Waals surface area contributed by atoms with E-state index in [0.29, 0.717) is 6.42 Å². The molecule has 0 saturated carbocycles. The smallest absolute Gasteiger partial charge is 0.0850 e. The van der Waals surface area contributed by atoms with Crippen molar-refractivity contribution in [1.29, 1.82) is 0 Å².